The van der Waals surface area contributed by atoms with Gasteiger partial charge in [-0.3, -0.25) is 4.79 Å². The molecule has 0 N–H and O–H groups in total. The number of hydrogen-bond donors (Lipinski definition) is 0. The molecule has 0 saturated carbocycles. The molecule has 1 atom stereocenters. The van der Waals surface area contributed by atoms with Gasteiger partial charge in [0.2, 0.25) is 5.89 Å². The lowest BCUT2D eigenvalue weighted by atomic mass is 10.0. The van der Waals surface area contributed by atoms with E-state index in [1.54, 1.807) is 6.92 Å². The Kier molecular flexibility index (Phi) is 3.56. The van der Waals surface area contributed by atoms with Gasteiger partial charge in [0.25, 0.3) is 5.91 Å². The number of piperidine rings is 1. The minimum absolute atomic E-state index is 0.0728. The molecule has 2 aromatic heterocycles. The van der Waals surface area contributed by atoms with Gasteiger partial charge in [-0.05, 0) is 45.2 Å². The molecule has 106 valence electrons. The van der Waals surface area contributed by atoms with Crippen molar-refractivity contribution in [3.05, 3.63) is 33.6 Å². The van der Waals surface area contributed by atoms with Gasteiger partial charge in [0.1, 0.15) is 6.04 Å². The van der Waals surface area contributed by atoms with Gasteiger partial charge in [-0.15, -0.1) is 11.3 Å². The predicted molar refractivity (Wildman–Crippen MR) is 75.7 cm³/mol. The smallest absolute Gasteiger partial charge is 0.264 e. The monoisotopic (exact) mass is 291 g/mol. The van der Waals surface area contributed by atoms with Crippen LogP contribution in [0.15, 0.2) is 16.7 Å². The zero-order valence-electron chi connectivity index (χ0n) is 11.6. The van der Waals surface area contributed by atoms with Gasteiger partial charge in [0.05, 0.1) is 4.88 Å². The fraction of sp³-hybridized carbons (Fsp3) is 0.500. The Hall–Kier alpha value is -1.69. The third-order valence-electron chi connectivity index (χ3n) is 3.54. The molecule has 0 unspecified atom stereocenters. The summed E-state index contributed by atoms with van der Waals surface area (Å²) in [7, 11) is 0. The van der Waals surface area contributed by atoms with Crippen LogP contribution in [0.4, 0.5) is 0 Å². The van der Waals surface area contributed by atoms with Gasteiger partial charge < -0.3 is 9.42 Å². The van der Waals surface area contributed by atoms with Crippen molar-refractivity contribution in [2.45, 2.75) is 39.2 Å². The fourth-order valence-corrected chi connectivity index (χ4v) is 3.39. The molecule has 1 amide bonds. The van der Waals surface area contributed by atoms with Crippen molar-refractivity contribution < 1.29 is 9.32 Å². The summed E-state index contributed by atoms with van der Waals surface area (Å²) in [5, 5.41) is 3.84. The highest BCUT2D eigenvalue weighted by molar-refractivity contribution is 7.13. The van der Waals surface area contributed by atoms with Crippen LogP contribution in [0, 0.1) is 13.8 Å². The summed E-state index contributed by atoms with van der Waals surface area (Å²) < 4.78 is 5.27. The third kappa shape index (κ3) is 2.47. The van der Waals surface area contributed by atoms with Crippen LogP contribution in [0.25, 0.3) is 0 Å². The van der Waals surface area contributed by atoms with E-state index >= 15 is 0 Å². The SMILES string of the molecule is Cc1noc([C@@H]2CCCCN2C(=O)c2ccc(C)s2)n1. The third-order valence-corrected chi connectivity index (χ3v) is 4.53. The summed E-state index contributed by atoms with van der Waals surface area (Å²) in [6, 6.07) is 3.79. The molecule has 6 heteroatoms. The lowest BCUT2D eigenvalue weighted by Crippen LogP contribution is -2.38. The number of likely N-dealkylation sites (tertiary alicyclic amines) is 1. The van der Waals surface area contributed by atoms with Gasteiger partial charge in [-0.1, -0.05) is 5.16 Å². The normalized spacial score (nSPS) is 19.3. The van der Waals surface area contributed by atoms with E-state index in [4.69, 9.17) is 4.52 Å². The van der Waals surface area contributed by atoms with Crippen LogP contribution in [-0.4, -0.2) is 27.5 Å². The molecule has 1 saturated heterocycles. The average Bonchev–Trinajstić information content (AvgIpc) is 3.07. The second-order valence-electron chi connectivity index (χ2n) is 5.10. The van der Waals surface area contributed by atoms with Crippen molar-refractivity contribution in [1.82, 2.24) is 15.0 Å². The van der Waals surface area contributed by atoms with Gasteiger partial charge >= 0.3 is 0 Å². The van der Waals surface area contributed by atoms with Crippen LogP contribution < -0.4 is 0 Å². The molecule has 0 aliphatic carbocycles. The van der Waals surface area contributed by atoms with E-state index in [0.717, 1.165) is 35.6 Å². The van der Waals surface area contributed by atoms with Gasteiger partial charge in [-0.25, -0.2) is 0 Å². The number of thiophene rings is 1. The molecule has 3 heterocycles. The highest BCUT2D eigenvalue weighted by atomic mass is 32.1. The number of aryl methyl sites for hydroxylation is 2. The minimum atomic E-state index is -0.0835. The van der Waals surface area contributed by atoms with Crippen molar-refractivity contribution >= 4 is 17.2 Å². The van der Waals surface area contributed by atoms with E-state index in [2.05, 4.69) is 10.1 Å². The van der Waals surface area contributed by atoms with Crippen LogP contribution >= 0.6 is 11.3 Å². The molecule has 3 rings (SSSR count). The molecule has 1 aliphatic heterocycles. The van der Waals surface area contributed by atoms with E-state index in [0.29, 0.717) is 11.7 Å². The van der Waals surface area contributed by atoms with E-state index in [9.17, 15) is 4.79 Å². The zero-order valence-corrected chi connectivity index (χ0v) is 12.4. The zero-order chi connectivity index (χ0) is 14.1. The van der Waals surface area contributed by atoms with Crippen LogP contribution in [-0.2, 0) is 0 Å². The molecule has 0 spiro atoms. The largest absolute Gasteiger partial charge is 0.337 e. The Morgan fingerprint density at radius 1 is 1.40 bits per heavy atom. The fourth-order valence-electron chi connectivity index (χ4n) is 2.57. The second kappa shape index (κ2) is 5.36. The van der Waals surface area contributed by atoms with Crippen molar-refractivity contribution in [3.8, 4) is 0 Å². The topological polar surface area (TPSA) is 59.2 Å². The van der Waals surface area contributed by atoms with Crippen LogP contribution in [0.1, 0.15) is 51.6 Å². The Labute approximate surface area is 121 Å². The lowest BCUT2D eigenvalue weighted by Gasteiger charge is -2.33. The number of hydrogen-bond acceptors (Lipinski definition) is 5. The molecule has 1 fully saturated rings. The second-order valence-corrected chi connectivity index (χ2v) is 6.39. The quantitative estimate of drug-likeness (QED) is 0.853. The standard InChI is InChI=1S/C14H17N3O2S/c1-9-6-7-12(20-9)14(18)17-8-4-3-5-11(17)13-15-10(2)16-19-13/h6-7,11H,3-5,8H2,1-2H3/t11-/m0/s1. The first-order valence-electron chi connectivity index (χ1n) is 6.83. The Morgan fingerprint density at radius 2 is 2.25 bits per heavy atom. The molecular weight excluding hydrogens is 274 g/mol. The molecular formula is C14H17N3O2S. The molecule has 0 bridgehead atoms. The Morgan fingerprint density at radius 3 is 2.90 bits per heavy atom. The van der Waals surface area contributed by atoms with Crippen LogP contribution in [0.5, 0.6) is 0 Å². The predicted octanol–water partition coefficient (Wildman–Crippen LogP) is 3.12. The number of aromatic nitrogens is 2. The Balaban J connectivity index is 1.87. The summed E-state index contributed by atoms with van der Waals surface area (Å²) in [5.41, 5.74) is 0. The summed E-state index contributed by atoms with van der Waals surface area (Å²) in [5.74, 6) is 1.25. The molecule has 20 heavy (non-hydrogen) atoms. The van der Waals surface area contributed by atoms with Crippen LogP contribution in [0.2, 0.25) is 0 Å². The first-order valence-corrected chi connectivity index (χ1v) is 7.64. The van der Waals surface area contributed by atoms with Crippen LogP contribution in [0.3, 0.4) is 0 Å². The highest BCUT2D eigenvalue weighted by Crippen LogP contribution is 2.32. The number of rotatable bonds is 2. The number of nitrogens with zero attached hydrogens (tertiary/aromatic N) is 3. The molecule has 2 aromatic rings. The molecule has 0 aromatic carbocycles. The van der Waals surface area contributed by atoms with E-state index in [1.807, 2.05) is 24.0 Å². The number of carbonyl (C=O) groups is 1. The van der Waals surface area contributed by atoms with Gasteiger partial charge in [0, 0.05) is 11.4 Å². The molecule has 1 aliphatic rings. The summed E-state index contributed by atoms with van der Waals surface area (Å²) in [4.78, 5) is 20.8. The maximum Gasteiger partial charge on any atom is 0.264 e. The van der Waals surface area contributed by atoms with E-state index in [1.165, 1.54) is 11.3 Å². The summed E-state index contributed by atoms with van der Waals surface area (Å²) in [6.07, 6.45) is 3.00. The van der Waals surface area contributed by atoms with Gasteiger partial charge in [-0.2, -0.15) is 4.98 Å². The highest BCUT2D eigenvalue weighted by Gasteiger charge is 2.32. The minimum Gasteiger partial charge on any atom is -0.337 e. The first kappa shape index (κ1) is 13.3. The Bertz CT molecular complexity index is 619. The van der Waals surface area contributed by atoms with E-state index in [-0.39, 0.29) is 11.9 Å². The van der Waals surface area contributed by atoms with E-state index < -0.39 is 0 Å². The summed E-state index contributed by atoms with van der Waals surface area (Å²) >= 11 is 1.53. The number of carbonyl (C=O) groups excluding carboxylic acids is 1. The maximum absolute atomic E-state index is 12.7. The van der Waals surface area contributed by atoms with Crippen molar-refractivity contribution in [2.24, 2.45) is 0 Å². The van der Waals surface area contributed by atoms with Crippen molar-refractivity contribution in [1.29, 1.82) is 0 Å². The molecule has 5 nitrogen and oxygen atoms in total. The molecule has 0 radical (unpaired) electrons. The van der Waals surface area contributed by atoms with Gasteiger partial charge in [0.15, 0.2) is 5.82 Å². The van der Waals surface area contributed by atoms with Crippen molar-refractivity contribution in [2.75, 3.05) is 6.54 Å². The summed E-state index contributed by atoms with van der Waals surface area (Å²) in [6.45, 7) is 4.56. The lowest BCUT2D eigenvalue weighted by molar-refractivity contribution is 0.0566. The van der Waals surface area contributed by atoms with Crippen molar-refractivity contribution in [3.63, 3.8) is 0 Å². The number of amides is 1. The first-order chi connectivity index (χ1) is 9.65. The maximum atomic E-state index is 12.7. The average molecular weight is 291 g/mol.